The van der Waals surface area contributed by atoms with Crippen LogP contribution in [-0.4, -0.2) is 40.0 Å². The van der Waals surface area contributed by atoms with Crippen molar-refractivity contribution in [2.45, 2.75) is 39.3 Å². The van der Waals surface area contributed by atoms with E-state index >= 15 is 0 Å². The second-order valence-electron chi connectivity index (χ2n) is 7.45. The van der Waals surface area contributed by atoms with Gasteiger partial charge in [0, 0.05) is 6.04 Å². The van der Waals surface area contributed by atoms with Gasteiger partial charge in [-0.15, -0.1) is 0 Å². The van der Waals surface area contributed by atoms with E-state index in [9.17, 15) is 19.2 Å². The molecule has 1 aliphatic rings. The quantitative estimate of drug-likeness (QED) is 0.539. The maximum atomic E-state index is 13.0. The van der Waals surface area contributed by atoms with Gasteiger partial charge in [-0.05, 0) is 38.8 Å². The summed E-state index contributed by atoms with van der Waals surface area (Å²) >= 11 is 0. The van der Waals surface area contributed by atoms with Gasteiger partial charge in [-0.25, -0.2) is 9.78 Å². The topological polar surface area (TPSA) is 133 Å². The van der Waals surface area contributed by atoms with Crippen molar-refractivity contribution in [1.29, 1.82) is 0 Å². The fourth-order valence-corrected chi connectivity index (χ4v) is 3.32. The van der Waals surface area contributed by atoms with E-state index in [1.807, 2.05) is 0 Å². The van der Waals surface area contributed by atoms with Gasteiger partial charge in [0.15, 0.2) is 0 Å². The number of carbonyl (C=O) groups excluding carboxylic acids is 3. The number of para-hydroxylation sites is 1. The number of aryl methyl sites for hydroxylation is 1. The molecule has 0 radical (unpaired) electrons. The standard InChI is InChI=1S/C22H22N4O6/c1-3-31-22(30)17-12(2)32-20-18(17)21(29)26(11-23-20)10-16(27)25-15-7-5-4-6-14(15)19(28)24-13-8-9-13/h4-7,11,13H,3,8-10H2,1-2H3,(H,24,28)(H,25,27). The SMILES string of the molecule is CCOC(=O)c1c(C)oc2ncn(CC(=O)Nc3ccccc3C(=O)NC3CC3)c(=O)c12. The van der Waals surface area contributed by atoms with E-state index in [1.54, 1.807) is 31.2 Å². The molecule has 32 heavy (non-hydrogen) atoms. The number of esters is 1. The molecule has 0 spiro atoms. The van der Waals surface area contributed by atoms with E-state index in [0.29, 0.717) is 11.3 Å². The summed E-state index contributed by atoms with van der Waals surface area (Å²) in [5.74, 6) is -1.28. The van der Waals surface area contributed by atoms with Gasteiger partial charge in [0.05, 0.1) is 17.9 Å². The van der Waals surface area contributed by atoms with Gasteiger partial charge in [0.1, 0.15) is 29.6 Å². The van der Waals surface area contributed by atoms with Gasteiger partial charge in [-0.1, -0.05) is 12.1 Å². The first-order valence-electron chi connectivity index (χ1n) is 10.2. The first-order chi connectivity index (χ1) is 15.4. The lowest BCUT2D eigenvalue weighted by Gasteiger charge is -2.12. The van der Waals surface area contributed by atoms with Crippen LogP contribution < -0.4 is 16.2 Å². The lowest BCUT2D eigenvalue weighted by Crippen LogP contribution is -2.30. The monoisotopic (exact) mass is 438 g/mol. The van der Waals surface area contributed by atoms with Crippen molar-refractivity contribution >= 4 is 34.6 Å². The first kappa shape index (κ1) is 21.3. The number of fused-ring (bicyclic) bond motifs is 1. The molecule has 2 N–H and O–H groups in total. The third-order valence-electron chi connectivity index (χ3n) is 5.01. The van der Waals surface area contributed by atoms with Crippen molar-refractivity contribution in [3.8, 4) is 0 Å². The molecule has 0 atom stereocenters. The van der Waals surface area contributed by atoms with E-state index in [-0.39, 0.29) is 47.5 Å². The van der Waals surface area contributed by atoms with Crippen LogP contribution in [0.25, 0.3) is 11.1 Å². The van der Waals surface area contributed by atoms with Crippen LogP contribution in [-0.2, 0) is 16.1 Å². The molecular formula is C22H22N4O6. The fourth-order valence-electron chi connectivity index (χ4n) is 3.32. The molecule has 2 heterocycles. The predicted molar refractivity (Wildman–Crippen MR) is 115 cm³/mol. The van der Waals surface area contributed by atoms with Gasteiger partial charge in [-0.2, -0.15) is 0 Å². The number of nitrogens with zero attached hydrogens (tertiary/aromatic N) is 2. The van der Waals surface area contributed by atoms with E-state index in [4.69, 9.17) is 9.15 Å². The van der Waals surface area contributed by atoms with Crippen LogP contribution in [0.5, 0.6) is 0 Å². The molecule has 3 aromatic rings. The summed E-state index contributed by atoms with van der Waals surface area (Å²) in [4.78, 5) is 54.4. The number of carbonyl (C=O) groups is 3. The average molecular weight is 438 g/mol. The molecule has 0 saturated heterocycles. The number of aromatic nitrogens is 2. The van der Waals surface area contributed by atoms with Crippen LogP contribution in [0.15, 0.2) is 39.8 Å². The molecule has 10 nitrogen and oxygen atoms in total. The van der Waals surface area contributed by atoms with Crippen LogP contribution in [0.4, 0.5) is 5.69 Å². The summed E-state index contributed by atoms with van der Waals surface area (Å²) < 4.78 is 11.5. The Labute approximate surface area is 182 Å². The zero-order chi connectivity index (χ0) is 22.8. The van der Waals surface area contributed by atoms with Crippen molar-refractivity contribution < 1.29 is 23.5 Å². The molecule has 10 heteroatoms. The summed E-state index contributed by atoms with van der Waals surface area (Å²) in [6.07, 6.45) is 3.06. The number of amides is 2. The summed E-state index contributed by atoms with van der Waals surface area (Å²) in [7, 11) is 0. The fraction of sp³-hybridized carbons (Fsp3) is 0.318. The number of benzene rings is 1. The molecule has 0 aliphatic heterocycles. The van der Waals surface area contributed by atoms with E-state index in [0.717, 1.165) is 17.4 Å². The van der Waals surface area contributed by atoms with Gasteiger partial charge < -0.3 is 19.8 Å². The number of ether oxygens (including phenoxy) is 1. The van der Waals surface area contributed by atoms with Crippen LogP contribution >= 0.6 is 0 Å². The van der Waals surface area contributed by atoms with Gasteiger partial charge in [0.2, 0.25) is 11.6 Å². The summed E-state index contributed by atoms with van der Waals surface area (Å²) in [5, 5.41) is 5.51. The van der Waals surface area contributed by atoms with Crippen molar-refractivity contribution in [1.82, 2.24) is 14.9 Å². The third kappa shape index (κ3) is 4.25. The molecule has 4 rings (SSSR count). The van der Waals surface area contributed by atoms with E-state index < -0.39 is 17.4 Å². The van der Waals surface area contributed by atoms with Gasteiger partial charge >= 0.3 is 5.97 Å². The number of rotatable bonds is 7. The molecule has 1 fully saturated rings. The minimum atomic E-state index is -0.694. The number of nitrogens with one attached hydrogen (secondary N) is 2. The molecule has 0 unspecified atom stereocenters. The predicted octanol–water partition coefficient (Wildman–Crippen LogP) is 2.01. The molecule has 2 aromatic heterocycles. The second-order valence-corrected chi connectivity index (χ2v) is 7.45. The highest BCUT2D eigenvalue weighted by Gasteiger charge is 2.26. The summed E-state index contributed by atoms with van der Waals surface area (Å²) in [6.45, 7) is 2.95. The van der Waals surface area contributed by atoms with Crippen molar-refractivity contribution in [3.63, 3.8) is 0 Å². The Morgan fingerprint density at radius 3 is 2.72 bits per heavy atom. The maximum absolute atomic E-state index is 13.0. The first-order valence-corrected chi connectivity index (χ1v) is 10.2. The Morgan fingerprint density at radius 2 is 2.00 bits per heavy atom. The van der Waals surface area contributed by atoms with Crippen molar-refractivity contribution in [2.75, 3.05) is 11.9 Å². The highest BCUT2D eigenvalue weighted by molar-refractivity contribution is 6.04. The Morgan fingerprint density at radius 1 is 1.25 bits per heavy atom. The highest BCUT2D eigenvalue weighted by atomic mass is 16.5. The average Bonchev–Trinajstić information content (AvgIpc) is 3.50. The lowest BCUT2D eigenvalue weighted by molar-refractivity contribution is -0.116. The molecule has 1 aromatic carbocycles. The molecule has 2 amide bonds. The number of hydrogen-bond donors (Lipinski definition) is 2. The Kier molecular flexibility index (Phi) is 5.76. The number of furan rings is 1. The summed E-state index contributed by atoms with van der Waals surface area (Å²) in [6, 6.07) is 6.81. The molecule has 1 aliphatic carbocycles. The van der Waals surface area contributed by atoms with Crippen LogP contribution in [0.2, 0.25) is 0 Å². The van der Waals surface area contributed by atoms with Crippen LogP contribution in [0.3, 0.4) is 0 Å². The molecular weight excluding hydrogens is 416 g/mol. The van der Waals surface area contributed by atoms with Crippen LogP contribution in [0.1, 0.15) is 46.2 Å². The third-order valence-corrected chi connectivity index (χ3v) is 5.01. The van der Waals surface area contributed by atoms with Crippen LogP contribution in [0, 0.1) is 6.92 Å². The van der Waals surface area contributed by atoms with Gasteiger partial charge in [-0.3, -0.25) is 19.0 Å². The second kappa shape index (κ2) is 8.66. The maximum Gasteiger partial charge on any atom is 0.342 e. The van der Waals surface area contributed by atoms with Gasteiger partial charge in [0.25, 0.3) is 11.5 Å². The Bertz CT molecular complexity index is 1270. The van der Waals surface area contributed by atoms with E-state index in [2.05, 4.69) is 15.6 Å². The minimum absolute atomic E-state index is 0.00352. The number of anilines is 1. The molecule has 1 saturated carbocycles. The van der Waals surface area contributed by atoms with Crippen molar-refractivity contribution in [3.05, 3.63) is 57.8 Å². The normalized spacial score (nSPS) is 13.1. The van der Waals surface area contributed by atoms with E-state index in [1.165, 1.54) is 13.3 Å². The largest absolute Gasteiger partial charge is 0.462 e. The molecule has 0 bridgehead atoms. The Balaban J connectivity index is 1.58. The molecule has 166 valence electrons. The lowest BCUT2D eigenvalue weighted by atomic mass is 10.1. The zero-order valence-electron chi connectivity index (χ0n) is 17.6. The Hall–Kier alpha value is -3.95. The summed E-state index contributed by atoms with van der Waals surface area (Å²) in [5.41, 5.74) is 0.0585. The smallest absolute Gasteiger partial charge is 0.342 e. The minimum Gasteiger partial charge on any atom is -0.462 e. The number of hydrogen-bond acceptors (Lipinski definition) is 7. The van der Waals surface area contributed by atoms with Crippen molar-refractivity contribution in [2.24, 2.45) is 0 Å². The zero-order valence-corrected chi connectivity index (χ0v) is 17.6. The highest BCUT2D eigenvalue weighted by Crippen LogP contribution is 2.23.